The molecule has 2 aliphatic carbocycles. The lowest BCUT2D eigenvalue weighted by Crippen LogP contribution is -2.55. The van der Waals surface area contributed by atoms with E-state index in [-0.39, 0.29) is 16.9 Å². The first kappa shape index (κ1) is 18.0. The van der Waals surface area contributed by atoms with Crippen molar-refractivity contribution < 1.29 is 10.2 Å². The van der Waals surface area contributed by atoms with Gasteiger partial charge in [0.2, 0.25) is 0 Å². The van der Waals surface area contributed by atoms with Gasteiger partial charge < -0.3 is 10.2 Å². The van der Waals surface area contributed by atoms with Gasteiger partial charge in [0.1, 0.15) is 0 Å². The Labute approximate surface area is 137 Å². The lowest BCUT2D eigenvalue weighted by atomic mass is 9.46. The Morgan fingerprint density at radius 2 is 1.91 bits per heavy atom. The Morgan fingerprint density at radius 3 is 2.55 bits per heavy atom. The molecule has 0 unspecified atom stereocenters. The van der Waals surface area contributed by atoms with E-state index in [0.717, 1.165) is 25.7 Å². The lowest BCUT2D eigenvalue weighted by Gasteiger charge is -2.59. The van der Waals surface area contributed by atoms with E-state index >= 15 is 0 Å². The van der Waals surface area contributed by atoms with Crippen LogP contribution >= 0.6 is 0 Å². The smallest absolute Gasteiger partial charge is 0.0615 e. The third-order valence-electron chi connectivity index (χ3n) is 6.80. The molecule has 0 aliphatic heterocycles. The fourth-order valence-corrected chi connectivity index (χ4v) is 5.82. The molecule has 2 saturated carbocycles. The Morgan fingerprint density at radius 1 is 1.23 bits per heavy atom. The molecule has 128 valence electrons. The van der Waals surface area contributed by atoms with Gasteiger partial charge in [-0.2, -0.15) is 0 Å². The summed E-state index contributed by atoms with van der Waals surface area (Å²) in [6.45, 7) is 14.0. The highest BCUT2D eigenvalue weighted by Gasteiger charge is 2.56. The van der Waals surface area contributed by atoms with Gasteiger partial charge in [0.05, 0.1) is 6.10 Å². The molecule has 2 nitrogen and oxygen atoms in total. The molecule has 2 rings (SSSR count). The lowest BCUT2D eigenvalue weighted by molar-refractivity contribution is -0.122. The van der Waals surface area contributed by atoms with E-state index in [9.17, 15) is 5.11 Å². The maximum absolute atomic E-state index is 10.8. The van der Waals surface area contributed by atoms with Crippen LogP contribution in [0.15, 0.2) is 12.2 Å². The molecule has 0 spiro atoms. The molecule has 0 amide bonds. The second kappa shape index (κ2) is 6.65. The summed E-state index contributed by atoms with van der Waals surface area (Å²) in [6, 6.07) is 0. The van der Waals surface area contributed by atoms with E-state index in [1.807, 2.05) is 0 Å². The van der Waals surface area contributed by atoms with Crippen LogP contribution in [0.4, 0.5) is 0 Å². The first-order valence-electron chi connectivity index (χ1n) is 9.19. The van der Waals surface area contributed by atoms with Crippen molar-refractivity contribution in [2.75, 3.05) is 6.61 Å². The number of hydrogen-bond donors (Lipinski definition) is 2. The molecule has 5 atom stereocenters. The zero-order chi connectivity index (χ0) is 16.5. The van der Waals surface area contributed by atoms with Crippen LogP contribution < -0.4 is 0 Å². The van der Waals surface area contributed by atoms with Crippen LogP contribution in [0.2, 0.25) is 0 Å². The highest BCUT2D eigenvalue weighted by Crippen LogP contribution is 2.61. The second-order valence-electron chi connectivity index (χ2n) is 9.00. The van der Waals surface area contributed by atoms with Crippen LogP contribution in [0, 0.1) is 28.6 Å². The number of aliphatic hydroxyl groups excluding tert-OH is 2. The summed E-state index contributed by atoms with van der Waals surface area (Å²) in [5, 5.41) is 19.9. The SMILES string of the molecule is C=C1C[C@@H](O)[C@H]2C(C)(C)CCC[C@]2(C)[C@H]1CC[C@H](C)CCO. The maximum Gasteiger partial charge on any atom is 0.0615 e. The molecule has 0 aromatic rings. The first-order valence-corrected chi connectivity index (χ1v) is 9.19. The second-order valence-corrected chi connectivity index (χ2v) is 9.00. The van der Waals surface area contributed by atoms with Gasteiger partial charge >= 0.3 is 0 Å². The van der Waals surface area contributed by atoms with Crippen LogP contribution in [0.25, 0.3) is 0 Å². The Kier molecular flexibility index (Phi) is 5.44. The van der Waals surface area contributed by atoms with Crippen molar-refractivity contribution in [1.82, 2.24) is 0 Å². The van der Waals surface area contributed by atoms with Crippen molar-refractivity contribution in [2.24, 2.45) is 28.6 Å². The van der Waals surface area contributed by atoms with Gasteiger partial charge in [-0.15, -0.1) is 0 Å². The van der Waals surface area contributed by atoms with E-state index in [1.165, 1.54) is 24.8 Å². The molecule has 0 heterocycles. The minimum atomic E-state index is -0.223. The zero-order valence-electron chi connectivity index (χ0n) is 15.1. The predicted octanol–water partition coefficient (Wildman–Crippen LogP) is 4.55. The molecule has 2 fully saturated rings. The Bertz CT molecular complexity index is 401. The highest BCUT2D eigenvalue weighted by molar-refractivity contribution is 5.18. The quantitative estimate of drug-likeness (QED) is 0.731. The average Bonchev–Trinajstić information content (AvgIpc) is 2.36. The number of hydrogen-bond acceptors (Lipinski definition) is 2. The van der Waals surface area contributed by atoms with E-state index in [4.69, 9.17) is 5.11 Å². The van der Waals surface area contributed by atoms with Gasteiger partial charge in [-0.1, -0.05) is 52.7 Å². The van der Waals surface area contributed by atoms with Crippen LogP contribution in [0.3, 0.4) is 0 Å². The van der Waals surface area contributed by atoms with Crippen LogP contribution in [-0.2, 0) is 0 Å². The molecule has 22 heavy (non-hydrogen) atoms. The molecule has 0 saturated heterocycles. The number of aliphatic hydroxyl groups is 2. The predicted molar refractivity (Wildman–Crippen MR) is 92.6 cm³/mol. The van der Waals surface area contributed by atoms with Crippen molar-refractivity contribution in [1.29, 1.82) is 0 Å². The van der Waals surface area contributed by atoms with E-state index in [1.54, 1.807) is 0 Å². The summed E-state index contributed by atoms with van der Waals surface area (Å²) in [4.78, 5) is 0. The van der Waals surface area contributed by atoms with E-state index in [2.05, 4.69) is 34.3 Å². The molecule has 0 radical (unpaired) electrons. The van der Waals surface area contributed by atoms with Crippen molar-refractivity contribution in [2.45, 2.75) is 78.7 Å². The third-order valence-corrected chi connectivity index (χ3v) is 6.80. The molecule has 0 bridgehead atoms. The minimum absolute atomic E-state index is 0.190. The molecule has 2 N–H and O–H groups in total. The fourth-order valence-electron chi connectivity index (χ4n) is 5.82. The minimum Gasteiger partial charge on any atom is -0.396 e. The van der Waals surface area contributed by atoms with Crippen LogP contribution in [-0.4, -0.2) is 22.9 Å². The number of fused-ring (bicyclic) bond motifs is 1. The summed E-state index contributed by atoms with van der Waals surface area (Å²) in [6.07, 6.45) is 7.48. The summed E-state index contributed by atoms with van der Waals surface area (Å²) in [5.41, 5.74) is 1.68. The molecular weight excluding hydrogens is 272 g/mol. The molecule has 2 heteroatoms. The van der Waals surface area contributed by atoms with Crippen molar-refractivity contribution in [3.63, 3.8) is 0 Å². The van der Waals surface area contributed by atoms with E-state index < -0.39 is 0 Å². The molecular formula is C20H36O2. The zero-order valence-corrected chi connectivity index (χ0v) is 15.1. The normalized spacial score (nSPS) is 39.4. The van der Waals surface area contributed by atoms with Gasteiger partial charge in [-0.05, 0) is 60.7 Å². The average molecular weight is 309 g/mol. The van der Waals surface area contributed by atoms with Crippen molar-refractivity contribution >= 4 is 0 Å². The largest absolute Gasteiger partial charge is 0.396 e. The van der Waals surface area contributed by atoms with Crippen molar-refractivity contribution in [3.05, 3.63) is 12.2 Å². The Balaban J connectivity index is 2.19. The third kappa shape index (κ3) is 3.28. The summed E-state index contributed by atoms with van der Waals surface area (Å²) >= 11 is 0. The summed E-state index contributed by atoms with van der Waals surface area (Å²) in [7, 11) is 0. The fraction of sp³-hybridized carbons (Fsp3) is 0.900. The van der Waals surface area contributed by atoms with Crippen molar-refractivity contribution in [3.8, 4) is 0 Å². The van der Waals surface area contributed by atoms with Gasteiger partial charge in [-0.3, -0.25) is 0 Å². The van der Waals surface area contributed by atoms with Crippen LogP contribution in [0.1, 0.15) is 72.6 Å². The van der Waals surface area contributed by atoms with Gasteiger partial charge in [0, 0.05) is 6.61 Å². The molecule has 0 aromatic heterocycles. The first-order chi connectivity index (χ1) is 10.2. The molecule has 0 aromatic carbocycles. The topological polar surface area (TPSA) is 40.5 Å². The standard InChI is InChI=1S/C20H36O2/c1-14(9-12-21)7-8-16-15(2)13-17(22)18-19(3,4)10-6-11-20(16,18)5/h14,16-18,21-22H,2,6-13H2,1,3-5H3/t14-,16-,17+,18-,20+/m0/s1. The van der Waals surface area contributed by atoms with E-state index in [0.29, 0.717) is 24.4 Å². The van der Waals surface area contributed by atoms with Gasteiger partial charge in [-0.25, -0.2) is 0 Å². The highest BCUT2D eigenvalue weighted by atomic mass is 16.3. The summed E-state index contributed by atoms with van der Waals surface area (Å²) < 4.78 is 0. The monoisotopic (exact) mass is 308 g/mol. The summed E-state index contributed by atoms with van der Waals surface area (Å²) in [5.74, 6) is 1.49. The maximum atomic E-state index is 10.8. The van der Waals surface area contributed by atoms with Gasteiger partial charge in [0.15, 0.2) is 0 Å². The Hall–Kier alpha value is -0.340. The van der Waals surface area contributed by atoms with Gasteiger partial charge in [0.25, 0.3) is 0 Å². The number of rotatable bonds is 5. The molecule has 2 aliphatic rings. The van der Waals surface area contributed by atoms with Crippen LogP contribution in [0.5, 0.6) is 0 Å².